The van der Waals surface area contributed by atoms with Crippen molar-refractivity contribution in [3.63, 3.8) is 0 Å². The lowest BCUT2D eigenvalue weighted by molar-refractivity contribution is -0.143. The van der Waals surface area contributed by atoms with Gasteiger partial charge >= 0.3 is 5.97 Å². The van der Waals surface area contributed by atoms with E-state index >= 15 is 0 Å². The predicted molar refractivity (Wildman–Crippen MR) is 88.7 cm³/mol. The maximum atomic E-state index is 12.7. The van der Waals surface area contributed by atoms with E-state index in [4.69, 9.17) is 5.11 Å². The second-order valence-corrected chi connectivity index (χ2v) is 6.46. The number of carboxylic acids is 1. The molecule has 24 heavy (non-hydrogen) atoms. The quantitative estimate of drug-likeness (QED) is 0.850. The van der Waals surface area contributed by atoms with Crippen LogP contribution in [0.25, 0.3) is 0 Å². The van der Waals surface area contributed by atoms with Crippen molar-refractivity contribution in [2.75, 3.05) is 18.0 Å². The maximum Gasteiger partial charge on any atom is 0.306 e. The number of carbonyl (C=O) groups excluding carboxylic acids is 2. The zero-order valence-corrected chi connectivity index (χ0v) is 13.8. The highest BCUT2D eigenvalue weighted by molar-refractivity contribution is 6.22. The number of aliphatic carboxylic acids is 1. The van der Waals surface area contributed by atoms with E-state index in [0.29, 0.717) is 31.6 Å². The molecule has 2 amide bonds. The van der Waals surface area contributed by atoms with Crippen molar-refractivity contribution in [1.29, 1.82) is 0 Å². The van der Waals surface area contributed by atoms with Crippen LogP contribution in [-0.4, -0.2) is 46.9 Å². The number of hydrogen-bond acceptors (Lipinski definition) is 4. The molecule has 1 N–H and O–H groups in total. The van der Waals surface area contributed by atoms with Crippen LogP contribution in [0.4, 0.5) is 5.69 Å². The van der Waals surface area contributed by atoms with E-state index in [1.807, 2.05) is 29.2 Å². The van der Waals surface area contributed by atoms with Crippen LogP contribution in [0.3, 0.4) is 0 Å². The molecule has 0 aliphatic carbocycles. The highest BCUT2D eigenvalue weighted by atomic mass is 16.4. The number of likely N-dealkylation sites (tertiary alicyclic amines) is 1. The smallest absolute Gasteiger partial charge is 0.306 e. The number of imide groups is 1. The monoisotopic (exact) mass is 330 g/mol. The highest BCUT2D eigenvalue weighted by Crippen LogP contribution is 2.28. The molecule has 1 aromatic rings. The van der Waals surface area contributed by atoms with Gasteiger partial charge in [0.2, 0.25) is 5.91 Å². The Morgan fingerprint density at radius 3 is 2.33 bits per heavy atom. The highest BCUT2D eigenvalue weighted by Gasteiger charge is 2.43. The molecule has 1 atom stereocenters. The molecular formula is C18H22N2O4. The van der Waals surface area contributed by atoms with Gasteiger partial charge in [-0.2, -0.15) is 0 Å². The Morgan fingerprint density at radius 1 is 1.17 bits per heavy atom. The largest absolute Gasteiger partial charge is 0.481 e. The first-order valence-electron chi connectivity index (χ1n) is 8.44. The van der Waals surface area contributed by atoms with E-state index in [-0.39, 0.29) is 24.2 Å². The Hall–Kier alpha value is -2.21. The van der Waals surface area contributed by atoms with Gasteiger partial charge in [0.1, 0.15) is 0 Å². The van der Waals surface area contributed by atoms with E-state index in [1.165, 1.54) is 4.90 Å². The molecule has 128 valence electrons. The average molecular weight is 330 g/mol. The van der Waals surface area contributed by atoms with Gasteiger partial charge in [-0.25, -0.2) is 4.90 Å². The number of benzene rings is 1. The summed E-state index contributed by atoms with van der Waals surface area (Å²) in [7, 11) is 0. The maximum absolute atomic E-state index is 12.7. The lowest BCUT2D eigenvalue weighted by Gasteiger charge is -2.33. The summed E-state index contributed by atoms with van der Waals surface area (Å²) in [6, 6.07) is 7.03. The number of carbonyl (C=O) groups is 3. The van der Waals surface area contributed by atoms with Crippen LogP contribution in [0.5, 0.6) is 0 Å². The fraction of sp³-hybridized carbons (Fsp3) is 0.500. The lowest BCUT2D eigenvalue weighted by atomic mass is 9.96. The Kier molecular flexibility index (Phi) is 4.66. The van der Waals surface area contributed by atoms with Crippen LogP contribution >= 0.6 is 0 Å². The molecule has 0 radical (unpaired) electrons. The molecule has 2 aliphatic heterocycles. The lowest BCUT2D eigenvalue weighted by Crippen LogP contribution is -2.46. The Morgan fingerprint density at radius 2 is 1.79 bits per heavy atom. The summed E-state index contributed by atoms with van der Waals surface area (Å²) >= 11 is 0. The summed E-state index contributed by atoms with van der Waals surface area (Å²) in [6.07, 6.45) is 2.13. The van der Waals surface area contributed by atoms with Crippen LogP contribution < -0.4 is 4.90 Å². The molecule has 3 rings (SSSR count). The van der Waals surface area contributed by atoms with Gasteiger partial charge in [0.15, 0.2) is 0 Å². The molecule has 0 spiro atoms. The van der Waals surface area contributed by atoms with Crippen LogP contribution in [0, 0.1) is 5.92 Å². The number of rotatable bonds is 4. The molecule has 2 fully saturated rings. The van der Waals surface area contributed by atoms with E-state index in [9.17, 15) is 14.4 Å². The third kappa shape index (κ3) is 3.06. The number of hydrogen-bond donors (Lipinski definition) is 1. The molecular weight excluding hydrogens is 308 g/mol. The van der Waals surface area contributed by atoms with Crippen molar-refractivity contribution in [1.82, 2.24) is 4.90 Å². The second-order valence-electron chi connectivity index (χ2n) is 6.46. The first kappa shape index (κ1) is 16.6. The van der Waals surface area contributed by atoms with Crippen molar-refractivity contribution in [3.8, 4) is 0 Å². The molecule has 2 aliphatic rings. The number of piperidine rings is 1. The molecule has 2 heterocycles. The Balaban J connectivity index is 1.71. The minimum absolute atomic E-state index is 0.173. The summed E-state index contributed by atoms with van der Waals surface area (Å²) in [5.41, 5.74) is 1.77. The summed E-state index contributed by atoms with van der Waals surface area (Å²) in [6.45, 7) is 3.14. The zero-order chi connectivity index (χ0) is 17.3. The Labute approximate surface area is 141 Å². The van der Waals surface area contributed by atoms with E-state index in [2.05, 4.69) is 6.92 Å². The SMILES string of the molecule is CCc1ccc(N2C(=O)C[C@H](N3CCC(C(=O)O)CC3)C2=O)cc1. The minimum Gasteiger partial charge on any atom is -0.481 e. The average Bonchev–Trinajstić information content (AvgIpc) is 2.89. The van der Waals surface area contributed by atoms with Gasteiger partial charge in [0.05, 0.1) is 24.1 Å². The summed E-state index contributed by atoms with van der Waals surface area (Å²) in [5.74, 6) is -1.50. The predicted octanol–water partition coefficient (Wildman–Crippen LogP) is 1.68. The summed E-state index contributed by atoms with van der Waals surface area (Å²) < 4.78 is 0. The third-order valence-corrected chi connectivity index (χ3v) is 5.05. The topological polar surface area (TPSA) is 77.9 Å². The number of nitrogens with zero attached hydrogens (tertiary/aromatic N) is 2. The molecule has 0 bridgehead atoms. The third-order valence-electron chi connectivity index (χ3n) is 5.05. The van der Waals surface area contributed by atoms with Crippen LogP contribution in [0.1, 0.15) is 31.7 Å². The number of amides is 2. The first-order chi connectivity index (χ1) is 11.5. The first-order valence-corrected chi connectivity index (χ1v) is 8.44. The molecule has 2 saturated heterocycles. The van der Waals surface area contributed by atoms with Crippen molar-refractivity contribution in [2.45, 2.75) is 38.6 Å². The van der Waals surface area contributed by atoms with Gasteiger partial charge in [0, 0.05) is 0 Å². The Bertz CT molecular complexity index is 647. The standard InChI is InChI=1S/C18H22N2O4/c1-2-12-3-5-14(6-4-12)20-16(21)11-15(17(20)22)19-9-7-13(8-10-19)18(23)24/h3-6,13,15H,2,7-11H2,1H3,(H,23,24)/t15-/m0/s1. The molecule has 6 heteroatoms. The molecule has 1 aromatic carbocycles. The normalized spacial score (nSPS) is 23.0. The number of carboxylic acid groups (broad SMARTS) is 1. The summed E-state index contributed by atoms with van der Waals surface area (Å²) in [4.78, 5) is 39.4. The fourth-order valence-electron chi connectivity index (χ4n) is 3.51. The summed E-state index contributed by atoms with van der Waals surface area (Å²) in [5, 5.41) is 9.07. The van der Waals surface area contributed by atoms with Crippen LogP contribution in [0.2, 0.25) is 0 Å². The van der Waals surface area contributed by atoms with Gasteiger partial charge in [-0.1, -0.05) is 19.1 Å². The fourth-order valence-corrected chi connectivity index (χ4v) is 3.51. The second kappa shape index (κ2) is 6.73. The van der Waals surface area contributed by atoms with E-state index in [0.717, 1.165) is 12.0 Å². The zero-order valence-electron chi connectivity index (χ0n) is 13.8. The van der Waals surface area contributed by atoms with Crippen LogP contribution in [0.15, 0.2) is 24.3 Å². The van der Waals surface area contributed by atoms with Crippen molar-refractivity contribution < 1.29 is 19.5 Å². The number of anilines is 1. The van der Waals surface area contributed by atoms with Gasteiger partial charge in [-0.15, -0.1) is 0 Å². The van der Waals surface area contributed by atoms with Crippen molar-refractivity contribution >= 4 is 23.5 Å². The molecule has 0 saturated carbocycles. The van der Waals surface area contributed by atoms with Gasteiger partial charge in [-0.05, 0) is 50.0 Å². The van der Waals surface area contributed by atoms with Crippen molar-refractivity contribution in [2.24, 2.45) is 5.92 Å². The molecule has 6 nitrogen and oxygen atoms in total. The van der Waals surface area contributed by atoms with Crippen molar-refractivity contribution in [3.05, 3.63) is 29.8 Å². The minimum atomic E-state index is -0.777. The van der Waals surface area contributed by atoms with E-state index < -0.39 is 12.0 Å². The van der Waals surface area contributed by atoms with Gasteiger partial charge in [0.25, 0.3) is 5.91 Å². The van der Waals surface area contributed by atoms with Gasteiger partial charge in [-0.3, -0.25) is 19.3 Å². The van der Waals surface area contributed by atoms with Gasteiger partial charge < -0.3 is 5.11 Å². The van der Waals surface area contributed by atoms with Crippen LogP contribution in [-0.2, 0) is 20.8 Å². The van der Waals surface area contributed by atoms with E-state index in [1.54, 1.807) is 0 Å². The number of aryl methyl sites for hydroxylation is 1. The molecule has 0 unspecified atom stereocenters. The molecule has 0 aromatic heterocycles.